The van der Waals surface area contributed by atoms with Crippen molar-refractivity contribution in [2.24, 2.45) is 0 Å². The summed E-state index contributed by atoms with van der Waals surface area (Å²) in [6.07, 6.45) is 1.84. The first-order valence-electron chi connectivity index (χ1n) is 8.24. The summed E-state index contributed by atoms with van der Waals surface area (Å²) in [6.45, 7) is 1.72. The number of fused-ring (bicyclic) bond motifs is 2. The van der Waals surface area contributed by atoms with E-state index in [2.05, 4.69) is 4.98 Å². The molecule has 5 nitrogen and oxygen atoms in total. The second-order valence-electron chi connectivity index (χ2n) is 6.28. The van der Waals surface area contributed by atoms with Crippen molar-refractivity contribution in [1.29, 1.82) is 0 Å². The molecule has 0 saturated carbocycles. The molecule has 1 aliphatic rings. The molecule has 0 aliphatic carbocycles. The Morgan fingerprint density at radius 2 is 1.77 bits per heavy atom. The van der Waals surface area contributed by atoms with Gasteiger partial charge in [0.05, 0.1) is 16.6 Å². The quantitative estimate of drug-likeness (QED) is 0.662. The van der Waals surface area contributed by atoms with Gasteiger partial charge in [-0.2, -0.15) is 0 Å². The Balaban J connectivity index is 2.02. The number of amides is 1. The van der Waals surface area contributed by atoms with Crippen LogP contribution >= 0.6 is 11.6 Å². The predicted molar refractivity (Wildman–Crippen MR) is 103 cm³/mol. The van der Waals surface area contributed by atoms with Crippen LogP contribution in [0.15, 0.2) is 53.3 Å². The van der Waals surface area contributed by atoms with Crippen molar-refractivity contribution in [3.63, 3.8) is 0 Å². The first-order valence-corrected chi connectivity index (χ1v) is 8.61. The van der Waals surface area contributed by atoms with Gasteiger partial charge in [0.25, 0.3) is 5.56 Å². The number of nitrogens with zero attached hydrogens (tertiary/aromatic N) is 3. The molecule has 6 heteroatoms. The highest BCUT2D eigenvalue weighted by Crippen LogP contribution is 2.30. The Morgan fingerprint density at radius 3 is 2.50 bits per heavy atom. The molecular weight excluding hydrogens is 350 g/mol. The Morgan fingerprint density at radius 1 is 1.08 bits per heavy atom. The summed E-state index contributed by atoms with van der Waals surface area (Å²) in [7, 11) is 1.70. The lowest BCUT2D eigenvalue weighted by Gasteiger charge is -2.32. The Labute approximate surface area is 155 Å². The minimum absolute atomic E-state index is 0.156. The number of benzene rings is 2. The van der Waals surface area contributed by atoms with Crippen LogP contribution in [0.1, 0.15) is 24.4 Å². The number of hydrogen-bond acceptors (Lipinski definition) is 3. The lowest BCUT2D eigenvalue weighted by molar-refractivity contribution is -0.130. The van der Waals surface area contributed by atoms with Crippen LogP contribution in [0.5, 0.6) is 0 Å². The van der Waals surface area contributed by atoms with Crippen LogP contribution in [0.3, 0.4) is 0 Å². The van der Waals surface area contributed by atoms with Gasteiger partial charge >= 0.3 is 0 Å². The van der Waals surface area contributed by atoms with Crippen LogP contribution in [0.2, 0.25) is 5.02 Å². The van der Waals surface area contributed by atoms with Crippen LogP contribution < -0.4 is 5.56 Å². The number of rotatable bonds is 1. The molecule has 2 aromatic carbocycles. The molecule has 1 atom stereocenters. The van der Waals surface area contributed by atoms with Crippen molar-refractivity contribution < 1.29 is 4.79 Å². The number of carbonyl (C=O) groups excluding carboxylic acids is 1. The molecule has 4 rings (SSSR count). The summed E-state index contributed by atoms with van der Waals surface area (Å²) in [4.78, 5) is 31.9. The van der Waals surface area contributed by atoms with E-state index in [0.29, 0.717) is 27.4 Å². The summed E-state index contributed by atoms with van der Waals surface area (Å²) in [5, 5.41) is 1.14. The first kappa shape index (κ1) is 16.5. The van der Waals surface area contributed by atoms with E-state index >= 15 is 0 Å². The van der Waals surface area contributed by atoms with Crippen LogP contribution in [0.4, 0.5) is 0 Å². The van der Waals surface area contributed by atoms with Crippen LogP contribution in [0.25, 0.3) is 22.7 Å². The van der Waals surface area contributed by atoms with E-state index in [1.54, 1.807) is 49.2 Å². The van der Waals surface area contributed by atoms with Gasteiger partial charge < -0.3 is 4.90 Å². The van der Waals surface area contributed by atoms with Gasteiger partial charge in [-0.1, -0.05) is 35.9 Å². The minimum atomic E-state index is -0.609. The maximum atomic E-state index is 13.0. The lowest BCUT2D eigenvalue weighted by Crippen LogP contribution is -2.44. The molecule has 0 bridgehead atoms. The van der Waals surface area contributed by atoms with E-state index in [4.69, 9.17) is 11.6 Å². The summed E-state index contributed by atoms with van der Waals surface area (Å²) in [6, 6.07) is 13.8. The molecule has 0 radical (unpaired) electrons. The number of likely N-dealkylation sites (N-methyl/N-ethyl adjacent to an activating group) is 1. The van der Waals surface area contributed by atoms with E-state index in [-0.39, 0.29) is 11.5 Å². The van der Waals surface area contributed by atoms with E-state index in [1.807, 2.05) is 24.3 Å². The highest BCUT2D eigenvalue weighted by molar-refractivity contribution is 6.30. The predicted octanol–water partition coefficient (Wildman–Crippen LogP) is 3.58. The van der Waals surface area contributed by atoms with Gasteiger partial charge in [0.15, 0.2) is 5.82 Å². The highest BCUT2D eigenvalue weighted by atomic mass is 35.5. The number of aromatic nitrogens is 2. The van der Waals surface area contributed by atoms with Crippen LogP contribution in [-0.2, 0) is 4.79 Å². The topological polar surface area (TPSA) is 55.2 Å². The zero-order valence-electron chi connectivity index (χ0n) is 14.3. The van der Waals surface area contributed by atoms with Gasteiger partial charge in [-0.15, -0.1) is 0 Å². The Bertz CT molecular complexity index is 1120. The summed E-state index contributed by atoms with van der Waals surface area (Å²) >= 11 is 5.95. The van der Waals surface area contributed by atoms with Crippen LogP contribution in [-0.4, -0.2) is 27.4 Å². The number of hydrogen-bond donors (Lipinski definition) is 0. The van der Waals surface area contributed by atoms with Gasteiger partial charge in [0, 0.05) is 12.1 Å². The average molecular weight is 366 g/mol. The van der Waals surface area contributed by atoms with Crippen LogP contribution in [0, 0.1) is 0 Å². The maximum absolute atomic E-state index is 13.0. The molecule has 2 heterocycles. The number of carbonyl (C=O) groups is 1. The fourth-order valence-corrected chi connectivity index (χ4v) is 3.35. The second kappa shape index (κ2) is 6.11. The zero-order valence-corrected chi connectivity index (χ0v) is 15.1. The summed E-state index contributed by atoms with van der Waals surface area (Å²) in [5.41, 5.74) is 1.85. The largest absolute Gasteiger partial charge is 0.310 e. The summed E-state index contributed by atoms with van der Waals surface area (Å²) < 4.78 is 1.48. The molecule has 0 N–H and O–H groups in total. The smallest absolute Gasteiger partial charge is 0.262 e. The van der Waals surface area contributed by atoms with Crippen molar-refractivity contribution in [3.8, 4) is 0 Å². The fraction of sp³-hybridized carbons (Fsp3) is 0.150. The van der Waals surface area contributed by atoms with Gasteiger partial charge in [-0.25, -0.2) is 4.98 Å². The summed E-state index contributed by atoms with van der Waals surface area (Å²) in [5.74, 6) is 0.329. The standard InChI is InChI=1S/C20H16ClN3O2/c1-12-19(25)23(2)17(11-13-7-9-14(21)10-8-13)18-22-16-6-4-3-5-15(16)20(26)24(12)18/h3-12H,1-2H3/b17-11-/t12-/m0/s1. The van der Waals surface area contributed by atoms with E-state index in [0.717, 1.165) is 5.56 Å². The highest BCUT2D eigenvalue weighted by Gasteiger charge is 2.33. The molecule has 3 aromatic rings. The second-order valence-corrected chi connectivity index (χ2v) is 6.72. The van der Waals surface area contributed by atoms with E-state index in [9.17, 15) is 9.59 Å². The van der Waals surface area contributed by atoms with E-state index < -0.39 is 6.04 Å². The minimum Gasteiger partial charge on any atom is -0.310 e. The third-order valence-corrected chi connectivity index (χ3v) is 4.90. The molecule has 0 unspecified atom stereocenters. The van der Waals surface area contributed by atoms with Crippen molar-refractivity contribution in [2.75, 3.05) is 7.05 Å². The lowest BCUT2D eigenvalue weighted by atomic mass is 10.1. The average Bonchev–Trinajstić information content (AvgIpc) is 2.65. The third-order valence-electron chi connectivity index (χ3n) is 4.65. The molecule has 130 valence electrons. The van der Waals surface area contributed by atoms with Gasteiger partial charge in [0.1, 0.15) is 6.04 Å². The van der Waals surface area contributed by atoms with E-state index in [1.165, 1.54) is 4.57 Å². The van der Waals surface area contributed by atoms with Gasteiger partial charge in [-0.05, 0) is 42.8 Å². The zero-order chi connectivity index (χ0) is 18.4. The van der Waals surface area contributed by atoms with Crippen molar-refractivity contribution in [1.82, 2.24) is 14.5 Å². The molecule has 0 spiro atoms. The van der Waals surface area contributed by atoms with Crippen molar-refractivity contribution in [2.45, 2.75) is 13.0 Å². The number of para-hydroxylation sites is 1. The van der Waals surface area contributed by atoms with Crippen molar-refractivity contribution in [3.05, 3.63) is 75.3 Å². The van der Waals surface area contributed by atoms with Crippen molar-refractivity contribution >= 4 is 40.2 Å². The van der Waals surface area contributed by atoms with Gasteiger partial charge in [-0.3, -0.25) is 14.2 Å². The monoisotopic (exact) mass is 365 g/mol. The first-order chi connectivity index (χ1) is 12.5. The Hall–Kier alpha value is -2.92. The molecule has 1 aromatic heterocycles. The molecule has 0 saturated heterocycles. The normalized spacial score (nSPS) is 18.4. The molecule has 1 aliphatic heterocycles. The Kier molecular flexibility index (Phi) is 3.89. The molecule has 0 fully saturated rings. The third kappa shape index (κ3) is 2.52. The molecule has 1 amide bonds. The molecular formula is C20H16ClN3O2. The van der Waals surface area contributed by atoms with Gasteiger partial charge in [0.2, 0.25) is 5.91 Å². The maximum Gasteiger partial charge on any atom is 0.262 e. The SMILES string of the molecule is C[C@H]1C(=O)N(C)/C(=C\c2ccc(Cl)cc2)c2nc3ccccc3c(=O)n21. The molecule has 26 heavy (non-hydrogen) atoms. The fourth-order valence-electron chi connectivity index (χ4n) is 3.22. The number of halogens is 1.